The minimum Gasteiger partial charge on any atom is -0.502 e. The van der Waals surface area contributed by atoms with Gasteiger partial charge in [0.15, 0.2) is 5.75 Å². The Morgan fingerprint density at radius 1 is 1.64 bits per heavy atom. The highest BCUT2D eigenvalue weighted by Crippen LogP contribution is 2.32. The van der Waals surface area contributed by atoms with Crippen LogP contribution in [-0.4, -0.2) is 10.0 Å². The lowest BCUT2D eigenvalue weighted by Gasteiger charge is -2.08. The van der Waals surface area contributed by atoms with Gasteiger partial charge in [-0.05, 0) is 0 Å². The number of hydrogen-bond acceptors (Lipinski definition) is 4. The fraction of sp³-hybridized carbons (Fsp3) is 0.111. The third kappa shape index (κ3) is 1.72. The van der Waals surface area contributed by atoms with Crippen LogP contribution in [0.4, 0.5) is 5.69 Å². The summed E-state index contributed by atoms with van der Waals surface area (Å²) in [7, 11) is 0. The van der Waals surface area contributed by atoms with Crippen LogP contribution >= 0.6 is 0 Å². The van der Waals surface area contributed by atoms with Crippen molar-refractivity contribution >= 4 is 5.69 Å². The van der Waals surface area contributed by atoms with Gasteiger partial charge in [-0.2, -0.15) is 0 Å². The van der Waals surface area contributed by atoms with Crippen LogP contribution in [0.3, 0.4) is 0 Å². The normalized spacial score (nSPS) is 12.1. The highest BCUT2D eigenvalue weighted by molar-refractivity contribution is 5.52. The van der Waals surface area contributed by atoms with E-state index >= 15 is 0 Å². The number of phenolic OH excluding ortho intramolecular Hbond substituents is 1. The molecule has 0 spiro atoms. The van der Waals surface area contributed by atoms with Crippen molar-refractivity contribution in [3.63, 3.8) is 0 Å². The fourth-order valence-electron chi connectivity index (χ4n) is 1.09. The summed E-state index contributed by atoms with van der Waals surface area (Å²) < 4.78 is 0. The molecule has 1 atom stereocenters. The molecule has 1 rings (SSSR count). The summed E-state index contributed by atoms with van der Waals surface area (Å²) in [5.74, 6) is -0.398. The number of nitro benzene ring substituents is 1. The Kier molecular flexibility index (Phi) is 2.83. The molecule has 3 N–H and O–H groups in total. The van der Waals surface area contributed by atoms with Crippen LogP contribution < -0.4 is 5.73 Å². The van der Waals surface area contributed by atoms with Gasteiger partial charge in [-0.3, -0.25) is 10.1 Å². The summed E-state index contributed by atoms with van der Waals surface area (Å²) in [5.41, 5.74) is 5.52. The number of nitro groups is 1. The van der Waals surface area contributed by atoms with Gasteiger partial charge < -0.3 is 10.8 Å². The van der Waals surface area contributed by atoms with Gasteiger partial charge in [-0.1, -0.05) is 18.2 Å². The molecule has 5 heteroatoms. The molecular weight excluding hydrogens is 184 g/mol. The Balaban J connectivity index is 3.26. The molecule has 0 fully saturated rings. The second-order valence-electron chi connectivity index (χ2n) is 2.73. The summed E-state index contributed by atoms with van der Waals surface area (Å²) in [6.45, 7) is 3.45. The molecule has 0 heterocycles. The van der Waals surface area contributed by atoms with E-state index in [2.05, 4.69) is 6.58 Å². The number of nitrogens with two attached hydrogens (primary N) is 1. The number of hydrogen-bond donors (Lipinski definition) is 2. The number of rotatable bonds is 3. The number of phenols is 1. The van der Waals surface area contributed by atoms with Crippen molar-refractivity contribution in [3.8, 4) is 5.75 Å². The summed E-state index contributed by atoms with van der Waals surface area (Å²) in [6.07, 6.45) is 1.40. The van der Waals surface area contributed by atoms with Crippen molar-refractivity contribution in [3.05, 3.63) is 46.5 Å². The Morgan fingerprint density at radius 3 is 2.79 bits per heavy atom. The van der Waals surface area contributed by atoms with Crippen LogP contribution in [0, 0.1) is 10.1 Å². The Labute approximate surface area is 80.6 Å². The summed E-state index contributed by atoms with van der Waals surface area (Å²) >= 11 is 0. The third-order valence-corrected chi connectivity index (χ3v) is 1.86. The first kappa shape index (κ1) is 10.2. The number of nitrogens with zero attached hydrogens (tertiary/aromatic N) is 1. The lowest BCUT2D eigenvalue weighted by molar-refractivity contribution is -0.385. The summed E-state index contributed by atoms with van der Waals surface area (Å²) in [6, 6.07) is 3.61. The molecule has 74 valence electrons. The quantitative estimate of drug-likeness (QED) is 0.433. The summed E-state index contributed by atoms with van der Waals surface area (Å²) in [5, 5.41) is 20.0. The summed E-state index contributed by atoms with van der Waals surface area (Å²) in [4.78, 5) is 9.81. The van der Waals surface area contributed by atoms with Gasteiger partial charge in [0.05, 0.1) is 11.0 Å². The standard InChI is InChI=1S/C9H10N2O3/c1-2-7(10)6-4-3-5-8(9(6)12)11(13)14/h2-5,7,12H,1,10H2. The van der Waals surface area contributed by atoms with Crippen molar-refractivity contribution in [1.29, 1.82) is 0 Å². The third-order valence-electron chi connectivity index (χ3n) is 1.86. The lowest BCUT2D eigenvalue weighted by atomic mass is 10.1. The number of aromatic hydroxyl groups is 1. The molecule has 0 aromatic heterocycles. The fourth-order valence-corrected chi connectivity index (χ4v) is 1.09. The largest absolute Gasteiger partial charge is 0.502 e. The second-order valence-corrected chi connectivity index (χ2v) is 2.73. The Morgan fingerprint density at radius 2 is 2.29 bits per heavy atom. The van der Waals surface area contributed by atoms with E-state index in [1.54, 1.807) is 0 Å². The van der Waals surface area contributed by atoms with Crippen LogP contribution in [0.25, 0.3) is 0 Å². The van der Waals surface area contributed by atoms with Crippen LogP contribution in [0.15, 0.2) is 30.9 Å². The molecule has 0 aliphatic carbocycles. The van der Waals surface area contributed by atoms with E-state index in [1.165, 1.54) is 24.3 Å². The van der Waals surface area contributed by atoms with E-state index in [9.17, 15) is 15.2 Å². The average Bonchev–Trinajstić information content (AvgIpc) is 2.16. The molecule has 1 aromatic rings. The van der Waals surface area contributed by atoms with Crippen LogP contribution in [0.1, 0.15) is 11.6 Å². The molecular formula is C9H10N2O3. The first-order valence-corrected chi connectivity index (χ1v) is 3.92. The van der Waals surface area contributed by atoms with Gasteiger partial charge in [0.25, 0.3) is 0 Å². The van der Waals surface area contributed by atoms with Crippen LogP contribution in [0.5, 0.6) is 5.75 Å². The molecule has 1 aromatic carbocycles. The predicted octanol–water partition coefficient (Wildman–Crippen LogP) is 1.49. The molecule has 1 unspecified atom stereocenters. The van der Waals surface area contributed by atoms with Crippen molar-refractivity contribution < 1.29 is 10.0 Å². The van der Waals surface area contributed by atoms with E-state index in [4.69, 9.17) is 5.73 Å². The highest BCUT2D eigenvalue weighted by Gasteiger charge is 2.18. The Hall–Kier alpha value is -1.88. The van der Waals surface area contributed by atoms with E-state index in [0.717, 1.165) is 0 Å². The van der Waals surface area contributed by atoms with Crippen molar-refractivity contribution in [2.75, 3.05) is 0 Å². The van der Waals surface area contributed by atoms with E-state index in [1.807, 2.05) is 0 Å². The minimum absolute atomic E-state index is 0.300. The minimum atomic E-state index is -0.658. The van der Waals surface area contributed by atoms with E-state index < -0.39 is 16.7 Å². The maximum atomic E-state index is 10.5. The molecule has 0 radical (unpaired) electrons. The van der Waals surface area contributed by atoms with Gasteiger partial charge in [0, 0.05) is 11.6 Å². The van der Waals surface area contributed by atoms with Gasteiger partial charge >= 0.3 is 5.69 Å². The zero-order chi connectivity index (χ0) is 10.7. The first-order chi connectivity index (χ1) is 6.57. The molecule has 0 saturated carbocycles. The molecule has 0 aliphatic heterocycles. The topological polar surface area (TPSA) is 89.4 Å². The molecule has 0 saturated heterocycles. The predicted molar refractivity (Wildman–Crippen MR) is 51.9 cm³/mol. The zero-order valence-corrected chi connectivity index (χ0v) is 7.38. The smallest absolute Gasteiger partial charge is 0.311 e. The number of benzene rings is 1. The monoisotopic (exact) mass is 194 g/mol. The second kappa shape index (κ2) is 3.89. The van der Waals surface area contributed by atoms with Crippen molar-refractivity contribution in [2.45, 2.75) is 6.04 Å². The van der Waals surface area contributed by atoms with Crippen molar-refractivity contribution in [2.24, 2.45) is 5.73 Å². The lowest BCUT2D eigenvalue weighted by Crippen LogP contribution is -2.07. The molecule has 0 aliphatic rings. The van der Waals surface area contributed by atoms with Gasteiger partial charge in [0.2, 0.25) is 0 Å². The number of para-hydroxylation sites is 1. The molecule has 0 amide bonds. The zero-order valence-electron chi connectivity index (χ0n) is 7.38. The van der Waals surface area contributed by atoms with Crippen LogP contribution in [0.2, 0.25) is 0 Å². The van der Waals surface area contributed by atoms with Gasteiger partial charge in [-0.25, -0.2) is 0 Å². The SMILES string of the molecule is C=CC(N)c1cccc([N+](=O)[O-])c1O. The molecule has 0 bridgehead atoms. The van der Waals surface area contributed by atoms with Gasteiger partial charge in [0.1, 0.15) is 0 Å². The van der Waals surface area contributed by atoms with Gasteiger partial charge in [-0.15, -0.1) is 6.58 Å². The molecule has 14 heavy (non-hydrogen) atoms. The van der Waals surface area contributed by atoms with E-state index in [0.29, 0.717) is 5.56 Å². The van der Waals surface area contributed by atoms with E-state index in [-0.39, 0.29) is 5.69 Å². The van der Waals surface area contributed by atoms with Crippen LogP contribution in [-0.2, 0) is 0 Å². The maximum absolute atomic E-state index is 10.5. The van der Waals surface area contributed by atoms with Crippen molar-refractivity contribution in [1.82, 2.24) is 0 Å². The average molecular weight is 194 g/mol. The Bertz CT molecular complexity index is 376. The molecule has 5 nitrogen and oxygen atoms in total. The first-order valence-electron chi connectivity index (χ1n) is 3.92. The highest BCUT2D eigenvalue weighted by atomic mass is 16.6. The maximum Gasteiger partial charge on any atom is 0.311 e.